The van der Waals surface area contributed by atoms with Gasteiger partial charge in [-0.1, -0.05) is 24.3 Å². The molecule has 2 N–H and O–H groups in total. The molecule has 3 heteroatoms. The van der Waals surface area contributed by atoms with E-state index in [-0.39, 0.29) is 0 Å². The fraction of sp³-hybridized carbons (Fsp3) is 0.556. The number of allylic oxidation sites excluding steroid dienone is 2. The molecule has 0 saturated carbocycles. The van der Waals surface area contributed by atoms with Crippen molar-refractivity contribution in [1.82, 2.24) is 16.0 Å². The summed E-state index contributed by atoms with van der Waals surface area (Å²) in [7, 11) is 3.82. The first-order valence-electron chi connectivity index (χ1n) is 4.28. The number of hydrazine groups is 2. The van der Waals surface area contributed by atoms with E-state index in [0.717, 1.165) is 0 Å². The number of rotatable bonds is 4. The van der Waals surface area contributed by atoms with Gasteiger partial charge < -0.3 is 0 Å². The van der Waals surface area contributed by atoms with E-state index in [9.17, 15) is 0 Å². The molecule has 0 unspecified atom stereocenters. The highest BCUT2D eigenvalue weighted by atomic mass is 15.7. The summed E-state index contributed by atoms with van der Waals surface area (Å²) >= 11 is 0. The van der Waals surface area contributed by atoms with Gasteiger partial charge in [0.2, 0.25) is 0 Å². The van der Waals surface area contributed by atoms with Crippen LogP contribution in [0.1, 0.15) is 6.92 Å². The van der Waals surface area contributed by atoms with Crippen molar-refractivity contribution in [3.63, 3.8) is 0 Å². The summed E-state index contributed by atoms with van der Waals surface area (Å²) in [6.45, 7) is 2.18. The Morgan fingerprint density at radius 3 is 2.08 bits per heavy atom. The monoisotopic (exact) mass is 167 g/mol. The number of nitrogens with one attached hydrogen (secondary N) is 2. The third-order valence-electron chi connectivity index (χ3n) is 2.22. The largest absolute Gasteiger partial charge is 0.244 e. The zero-order valence-electron chi connectivity index (χ0n) is 7.91. The number of hydrogen-bond acceptors (Lipinski definition) is 3. The molecule has 0 radical (unpaired) electrons. The highest BCUT2D eigenvalue weighted by Gasteiger charge is 2.18. The Morgan fingerprint density at radius 1 is 1.17 bits per heavy atom. The predicted molar refractivity (Wildman–Crippen MR) is 51.2 cm³/mol. The van der Waals surface area contributed by atoms with Crippen molar-refractivity contribution in [2.45, 2.75) is 13.0 Å². The summed E-state index contributed by atoms with van der Waals surface area (Å²) in [5.74, 6) is 0.505. The van der Waals surface area contributed by atoms with Crippen LogP contribution in [0.2, 0.25) is 0 Å². The zero-order chi connectivity index (χ0) is 8.97. The molecule has 0 spiro atoms. The molecular weight excluding hydrogens is 150 g/mol. The lowest BCUT2D eigenvalue weighted by Crippen LogP contribution is -2.51. The lowest BCUT2D eigenvalue weighted by Gasteiger charge is -2.29. The second kappa shape index (κ2) is 4.40. The minimum absolute atomic E-state index is 0.426. The zero-order valence-corrected chi connectivity index (χ0v) is 7.91. The smallest absolute Gasteiger partial charge is 0.0469 e. The second-order valence-electron chi connectivity index (χ2n) is 2.90. The van der Waals surface area contributed by atoms with Crippen molar-refractivity contribution in [1.29, 1.82) is 0 Å². The normalized spacial score (nSPS) is 19.3. The Morgan fingerprint density at radius 2 is 1.67 bits per heavy atom. The van der Waals surface area contributed by atoms with Gasteiger partial charge in [0.25, 0.3) is 0 Å². The molecule has 68 valence electrons. The summed E-state index contributed by atoms with van der Waals surface area (Å²) in [5, 5.41) is 1.99. The second-order valence-corrected chi connectivity index (χ2v) is 2.90. The molecule has 0 fully saturated rings. The van der Waals surface area contributed by atoms with Gasteiger partial charge in [0.05, 0.1) is 0 Å². The van der Waals surface area contributed by atoms with Crippen molar-refractivity contribution in [2.75, 3.05) is 14.1 Å². The van der Waals surface area contributed by atoms with Crippen LogP contribution in [-0.4, -0.2) is 25.3 Å². The minimum atomic E-state index is 0.426. The first kappa shape index (κ1) is 9.45. The van der Waals surface area contributed by atoms with E-state index in [1.165, 1.54) is 0 Å². The number of nitrogens with zero attached hydrogens (tertiary/aromatic N) is 1. The fourth-order valence-electron chi connectivity index (χ4n) is 1.46. The molecule has 12 heavy (non-hydrogen) atoms. The first-order valence-corrected chi connectivity index (χ1v) is 4.28. The Balaban J connectivity index is 2.49. The number of hydrogen-bond donors (Lipinski definition) is 2. The van der Waals surface area contributed by atoms with Crippen LogP contribution >= 0.6 is 0 Å². The molecule has 0 saturated heterocycles. The van der Waals surface area contributed by atoms with Crippen LogP contribution in [0.4, 0.5) is 0 Å². The standard InChI is InChI=1S/C9H17N3/c1-8(12(10-2)11-3)9-6-4-5-7-9/h4-11H,1-3H3/t8-/m0/s1. The molecule has 0 aromatic heterocycles. The Hall–Kier alpha value is -0.640. The van der Waals surface area contributed by atoms with E-state index in [0.29, 0.717) is 12.0 Å². The molecule has 1 aliphatic rings. The van der Waals surface area contributed by atoms with Gasteiger partial charge >= 0.3 is 0 Å². The van der Waals surface area contributed by atoms with Gasteiger partial charge in [-0.25, -0.2) is 10.9 Å². The van der Waals surface area contributed by atoms with Gasteiger partial charge in [0.1, 0.15) is 0 Å². The summed E-state index contributed by atoms with van der Waals surface area (Å²) in [6, 6.07) is 0.426. The Kier molecular flexibility index (Phi) is 3.47. The summed E-state index contributed by atoms with van der Waals surface area (Å²) < 4.78 is 0. The van der Waals surface area contributed by atoms with Gasteiger partial charge in [-0.05, 0) is 6.92 Å². The summed E-state index contributed by atoms with van der Waals surface area (Å²) in [4.78, 5) is 0. The lowest BCUT2D eigenvalue weighted by molar-refractivity contribution is 0.0792. The van der Waals surface area contributed by atoms with Gasteiger partial charge in [0, 0.05) is 26.1 Å². The third-order valence-corrected chi connectivity index (χ3v) is 2.22. The maximum Gasteiger partial charge on any atom is 0.0469 e. The molecular formula is C9H17N3. The predicted octanol–water partition coefficient (Wildman–Crippen LogP) is 0.688. The van der Waals surface area contributed by atoms with Crippen LogP contribution in [0, 0.1) is 5.92 Å². The van der Waals surface area contributed by atoms with Gasteiger partial charge in [-0.3, -0.25) is 0 Å². The average Bonchev–Trinajstić information content (AvgIpc) is 2.58. The van der Waals surface area contributed by atoms with Crippen molar-refractivity contribution in [2.24, 2.45) is 5.92 Å². The van der Waals surface area contributed by atoms with Crippen molar-refractivity contribution < 1.29 is 0 Å². The van der Waals surface area contributed by atoms with Crippen LogP contribution in [-0.2, 0) is 0 Å². The fourth-order valence-corrected chi connectivity index (χ4v) is 1.46. The van der Waals surface area contributed by atoms with E-state index >= 15 is 0 Å². The van der Waals surface area contributed by atoms with Crippen LogP contribution < -0.4 is 10.9 Å². The Labute approximate surface area is 74.1 Å². The van der Waals surface area contributed by atoms with Crippen molar-refractivity contribution in [3.8, 4) is 0 Å². The van der Waals surface area contributed by atoms with E-state index in [2.05, 4.69) is 42.1 Å². The molecule has 0 amide bonds. The summed E-state index contributed by atoms with van der Waals surface area (Å²) in [6.07, 6.45) is 8.58. The molecule has 0 aliphatic heterocycles. The van der Waals surface area contributed by atoms with E-state index < -0.39 is 0 Å². The SMILES string of the molecule is CNN(NC)[C@@H](C)C1C=CC=C1. The highest BCUT2D eigenvalue weighted by molar-refractivity contribution is 5.19. The maximum atomic E-state index is 3.08. The van der Waals surface area contributed by atoms with Gasteiger partial charge in [-0.15, -0.1) is 0 Å². The molecule has 3 nitrogen and oxygen atoms in total. The molecule has 0 bridgehead atoms. The van der Waals surface area contributed by atoms with Gasteiger partial charge in [0.15, 0.2) is 0 Å². The first-order chi connectivity index (χ1) is 5.79. The quantitative estimate of drug-likeness (QED) is 0.603. The van der Waals surface area contributed by atoms with Crippen LogP contribution in [0.3, 0.4) is 0 Å². The molecule has 0 heterocycles. The highest BCUT2D eigenvalue weighted by Crippen LogP contribution is 2.15. The van der Waals surface area contributed by atoms with Crippen LogP contribution in [0.5, 0.6) is 0 Å². The third kappa shape index (κ3) is 1.94. The maximum absolute atomic E-state index is 3.08. The summed E-state index contributed by atoms with van der Waals surface area (Å²) in [5.41, 5.74) is 6.17. The van der Waals surface area contributed by atoms with E-state index in [1.807, 2.05) is 19.2 Å². The molecule has 1 rings (SSSR count). The molecule has 1 atom stereocenters. The van der Waals surface area contributed by atoms with Crippen LogP contribution in [0.15, 0.2) is 24.3 Å². The Bertz CT molecular complexity index is 170. The molecule has 0 aromatic carbocycles. The topological polar surface area (TPSA) is 27.3 Å². The van der Waals surface area contributed by atoms with Crippen LogP contribution in [0.25, 0.3) is 0 Å². The average molecular weight is 167 g/mol. The van der Waals surface area contributed by atoms with Crippen molar-refractivity contribution in [3.05, 3.63) is 24.3 Å². The molecule has 1 aliphatic carbocycles. The van der Waals surface area contributed by atoms with Gasteiger partial charge in [-0.2, -0.15) is 5.12 Å². The lowest BCUT2D eigenvalue weighted by atomic mass is 10.0. The van der Waals surface area contributed by atoms with E-state index in [1.54, 1.807) is 0 Å². The molecule has 0 aromatic rings. The van der Waals surface area contributed by atoms with E-state index in [4.69, 9.17) is 0 Å². The van der Waals surface area contributed by atoms with Crippen molar-refractivity contribution >= 4 is 0 Å². The minimum Gasteiger partial charge on any atom is -0.244 e.